The lowest BCUT2D eigenvalue weighted by Gasteiger charge is -2.29. The summed E-state index contributed by atoms with van der Waals surface area (Å²) in [5.74, 6) is 0.506. The van der Waals surface area contributed by atoms with Gasteiger partial charge in [0, 0.05) is 35.6 Å². The van der Waals surface area contributed by atoms with Crippen LogP contribution in [0.4, 0.5) is 0 Å². The van der Waals surface area contributed by atoms with Crippen molar-refractivity contribution >= 4 is 46.2 Å². The fourth-order valence-corrected chi connectivity index (χ4v) is 5.71. The third-order valence-corrected chi connectivity index (χ3v) is 8.04. The molecule has 9 heteroatoms. The van der Waals surface area contributed by atoms with Crippen LogP contribution in [-0.4, -0.2) is 50.4 Å². The number of rotatable bonds is 8. The van der Waals surface area contributed by atoms with E-state index in [9.17, 15) is 9.59 Å². The molecule has 3 heterocycles. The van der Waals surface area contributed by atoms with Crippen molar-refractivity contribution in [2.45, 2.75) is 49.7 Å². The van der Waals surface area contributed by atoms with Crippen LogP contribution in [0.5, 0.6) is 0 Å². The highest BCUT2D eigenvalue weighted by molar-refractivity contribution is 7.98. The Hall–Kier alpha value is -3.36. The van der Waals surface area contributed by atoms with Gasteiger partial charge in [0.05, 0.1) is 23.8 Å². The second kappa shape index (κ2) is 12.0. The fraction of sp³-hybridized carbons (Fsp3) is 0.310. The van der Waals surface area contributed by atoms with Gasteiger partial charge in [-0.2, -0.15) is 0 Å². The lowest BCUT2D eigenvalue weighted by Crippen LogP contribution is -2.48. The minimum absolute atomic E-state index is 0.0149. The van der Waals surface area contributed by atoms with E-state index in [1.54, 1.807) is 37.0 Å². The Bertz CT molecular complexity index is 1420. The zero-order valence-corrected chi connectivity index (χ0v) is 22.8. The maximum absolute atomic E-state index is 12.8. The molecular weight excluding hydrogens is 518 g/mol. The highest BCUT2D eigenvalue weighted by Gasteiger charge is 2.23. The molecule has 1 atom stereocenters. The van der Waals surface area contributed by atoms with E-state index in [2.05, 4.69) is 14.9 Å². The van der Waals surface area contributed by atoms with Crippen molar-refractivity contribution < 1.29 is 9.59 Å². The van der Waals surface area contributed by atoms with Crippen LogP contribution in [0.1, 0.15) is 47.7 Å². The van der Waals surface area contributed by atoms with Crippen LogP contribution in [0.3, 0.4) is 0 Å². The van der Waals surface area contributed by atoms with Crippen molar-refractivity contribution in [3.05, 3.63) is 88.7 Å². The Morgan fingerprint density at radius 1 is 1.00 bits per heavy atom. The standard InChI is InChI=1S/C29H30ClN5O2S/c1-20(28(37)34-15-3-2-4-16-34)32-27(36)23-9-5-21(6-10-23)18-35-26-17-31-14-13-25(26)33-29(35)38-19-22-7-11-24(30)12-8-22/h5-14,17,20H,2-4,15-16,18-19H2,1H3,(H,32,36)/t20-/m0/s1. The van der Waals surface area contributed by atoms with Crippen LogP contribution < -0.4 is 5.32 Å². The Morgan fingerprint density at radius 2 is 1.71 bits per heavy atom. The van der Waals surface area contributed by atoms with E-state index >= 15 is 0 Å². The van der Waals surface area contributed by atoms with E-state index < -0.39 is 6.04 Å². The molecule has 0 unspecified atom stereocenters. The molecule has 1 aliphatic heterocycles. The first kappa shape index (κ1) is 26.3. The van der Waals surface area contributed by atoms with Gasteiger partial charge in [0.1, 0.15) is 6.04 Å². The Balaban J connectivity index is 1.27. The predicted octanol–water partition coefficient (Wildman–Crippen LogP) is 5.56. The molecule has 0 aliphatic carbocycles. The Labute approximate surface area is 231 Å². The number of hydrogen-bond acceptors (Lipinski definition) is 5. The number of imidazole rings is 1. The normalized spacial score (nSPS) is 14.4. The number of pyridine rings is 1. The highest BCUT2D eigenvalue weighted by Crippen LogP contribution is 2.28. The fourth-order valence-electron chi connectivity index (χ4n) is 4.61. The number of carbonyl (C=O) groups is 2. The molecule has 0 saturated carbocycles. The summed E-state index contributed by atoms with van der Waals surface area (Å²) < 4.78 is 2.15. The maximum atomic E-state index is 12.8. The molecule has 1 fully saturated rings. The average Bonchev–Trinajstić information content (AvgIpc) is 3.30. The van der Waals surface area contributed by atoms with E-state index in [4.69, 9.17) is 16.6 Å². The summed E-state index contributed by atoms with van der Waals surface area (Å²) in [6.45, 7) is 3.89. The van der Waals surface area contributed by atoms with Crippen molar-refractivity contribution in [3.8, 4) is 0 Å². The summed E-state index contributed by atoms with van der Waals surface area (Å²) in [5.41, 5.74) is 4.58. The van der Waals surface area contributed by atoms with Crippen molar-refractivity contribution in [2.24, 2.45) is 0 Å². The van der Waals surface area contributed by atoms with Gasteiger partial charge in [0.25, 0.3) is 5.91 Å². The van der Waals surface area contributed by atoms with Crippen molar-refractivity contribution in [1.82, 2.24) is 24.8 Å². The SMILES string of the molecule is C[C@H](NC(=O)c1ccc(Cn2c(SCc3ccc(Cl)cc3)nc3ccncc32)cc1)C(=O)N1CCCCC1. The molecule has 7 nitrogen and oxygen atoms in total. The van der Waals surface area contributed by atoms with E-state index in [0.29, 0.717) is 12.1 Å². The van der Waals surface area contributed by atoms with Crippen LogP contribution in [0.25, 0.3) is 11.0 Å². The van der Waals surface area contributed by atoms with Gasteiger partial charge in [0.15, 0.2) is 5.16 Å². The van der Waals surface area contributed by atoms with E-state index in [1.807, 2.05) is 53.6 Å². The highest BCUT2D eigenvalue weighted by atomic mass is 35.5. The molecule has 1 N–H and O–H groups in total. The van der Waals surface area contributed by atoms with Crippen LogP contribution >= 0.6 is 23.4 Å². The minimum Gasteiger partial charge on any atom is -0.341 e. The zero-order valence-electron chi connectivity index (χ0n) is 21.3. The number of thioether (sulfide) groups is 1. The Morgan fingerprint density at radius 3 is 2.45 bits per heavy atom. The summed E-state index contributed by atoms with van der Waals surface area (Å²) in [5, 5.41) is 4.48. The van der Waals surface area contributed by atoms with Crippen molar-refractivity contribution in [3.63, 3.8) is 0 Å². The molecule has 196 valence electrons. The molecule has 38 heavy (non-hydrogen) atoms. The number of carbonyl (C=O) groups excluding carboxylic acids is 2. The molecule has 1 aliphatic rings. The van der Waals surface area contributed by atoms with Gasteiger partial charge < -0.3 is 14.8 Å². The predicted molar refractivity (Wildman–Crippen MR) is 151 cm³/mol. The van der Waals surface area contributed by atoms with Crippen LogP contribution in [0.2, 0.25) is 5.02 Å². The first-order chi connectivity index (χ1) is 18.5. The number of amides is 2. The Kier molecular flexibility index (Phi) is 8.29. The van der Waals surface area contributed by atoms with Crippen molar-refractivity contribution in [2.75, 3.05) is 13.1 Å². The summed E-state index contributed by atoms with van der Waals surface area (Å²) in [6.07, 6.45) is 6.79. The summed E-state index contributed by atoms with van der Waals surface area (Å²) in [4.78, 5) is 36.5. The van der Waals surface area contributed by atoms with E-state index in [1.165, 1.54) is 5.56 Å². The number of halogens is 1. The molecule has 0 bridgehead atoms. The lowest BCUT2D eigenvalue weighted by molar-refractivity contribution is -0.133. The average molecular weight is 548 g/mol. The molecule has 0 radical (unpaired) electrons. The van der Waals surface area contributed by atoms with Crippen LogP contribution in [-0.2, 0) is 17.1 Å². The maximum Gasteiger partial charge on any atom is 0.251 e. The number of hydrogen-bond donors (Lipinski definition) is 1. The number of benzene rings is 2. The first-order valence-electron chi connectivity index (χ1n) is 12.8. The minimum atomic E-state index is -0.551. The smallest absolute Gasteiger partial charge is 0.251 e. The van der Waals surface area contributed by atoms with Crippen LogP contribution in [0.15, 0.2) is 72.1 Å². The number of aromatic nitrogens is 3. The number of nitrogens with zero attached hydrogens (tertiary/aromatic N) is 4. The quantitative estimate of drug-likeness (QED) is 0.292. The third-order valence-electron chi connectivity index (χ3n) is 6.74. The van der Waals surface area contributed by atoms with Gasteiger partial charge in [0.2, 0.25) is 5.91 Å². The molecule has 5 rings (SSSR count). The second-order valence-electron chi connectivity index (χ2n) is 9.54. The number of nitrogens with one attached hydrogen (secondary N) is 1. The summed E-state index contributed by atoms with van der Waals surface area (Å²) in [6, 6.07) is 16.7. The van der Waals surface area contributed by atoms with Gasteiger partial charge >= 0.3 is 0 Å². The van der Waals surface area contributed by atoms with E-state index in [-0.39, 0.29) is 11.8 Å². The lowest BCUT2D eigenvalue weighted by atomic mass is 10.1. The first-order valence-corrected chi connectivity index (χ1v) is 14.2. The van der Waals surface area contributed by atoms with E-state index in [0.717, 1.165) is 64.9 Å². The monoisotopic (exact) mass is 547 g/mol. The number of piperidine rings is 1. The van der Waals surface area contributed by atoms with Crippen molar-refractivity contribution in [1.29, 1.82) is 0 Å². The third kappa shape index (κ3) is 6.19. The molecule has 4 aromatic rings. The van der Waals surface area contributed by atoms with Gasteiger partial charge in [-0.1, -0.05) is 47.6 Å². The van der Waals surface area contributed by atoms with Gasteiger partial charge in [-0.15, -0.1) is 0 Å². The van der Waals surface area contributed by atoms with Crippen LogP contribution in [0, 0.1) is 0 Å². The summed E-state index contributed by atoms with van der Waals surface area (Å²) >= 11 is 7.69. The molecule has 0 spiro atoms. The number of fused-ring (bicyclic) bond motifs is 1. The molecule has 1 saturated heterocycles. The van der Waals surface area contributed by atoms with Gasteiger partial charge in [-0.3, -0.25) is 14.6 Å². The van der Waals surface area contributed by atoms with Gasteiger partial charge in [-0.25, -0.2) is 4.98 Å². The molecule has 2 aromatic carbocycles. The number of likely N-dealkylation sites (tertiary alicyclic amines) is 1. The second-order valence-corrected chi connectivity index (χ2v) is 10.9. The summed E-state index contributed by atoms with van der Waals surface area (Å²) in [7, 11) is 0. The molecule has 2 aromatic heterocycles. The zero-order chi connectivity index (χ0) is 26.5. The largest absolute Gasteiger partial charge is 0.341 e. The topological polar surface area (TPSA) is 80.1 Å². The molecule has 2 amide bonds. The molecular formula is C29H30ClN5O2S. The van der Waals surface area contributed by atoms with Gasteiger partial charge in [-0.05, 0) is 67.6 Å².